The number of nitrogens with one attached hydrogen (secondary N) is 1. The van der Waals surface area contributed by atoms with Crippen molar-refractivity contribution in [1.29, 1.82) is 0 Å². The lowest BCUT2D eigenvalue weighted by Gasteiger charge is -2.17. The van der Waals surface area contributed by atoms with Gasteiger partial charge in [0.15, 0.2) is 0 Å². The van der Waals surface area contributed by atoms with Crippen LogP contribution in [0.1, 0.15) is 0 Å². The van der Waals surface area contributed by atoms with Crippen molar-refractivity contribution in [3.8, 4) is 0 Å². The maximum absolute atomic E-state index is 11.9. The molecule has 7 heteroatoms. The first kappa shape index (κ1) is 14.9. The number of methoxy groups -OCH3 is 1. The van der Waals surface area contributed by atoms with Gasteiger partial charge in [-0.3, -0.25) is 4.79 Å². The van der Waals surface area contributed by atoms with Gasteiger partial charge >= 0.3 is 0 Å². The molecule has 6 nitrogen and oxygen atoms in total. The first-order chi connectivity index (χ1) is 8.63. The average molecular weight is 318 g/mol. The highest BCUT2D eigenvalue weighted by Gasteiger charge is 2.12. The van der Waals surface area contributed by atoms with Crippen LogP contribution in [0.4, 0.5) is 5.69 Å². The monoisotopic (exact) mass is 317 g/mol. The van der Waals surface area contributed by atoms with Gasteiger partial charge in [0.1, 0.15) is 4.47 Å². The van der Waals surface area contributed by atoms with Crippen LogP contribution in [-0.2, 0) is 11.3 Å². The van der Waals surface area contributed by atoms with E-state index in [-0.39, 0.29) is 18.2 Å². The van der Waals surface area contributed by atoms with Crippen molar-refractivity contribution >= 4 is 21.6 Å². The number of nitrogens with zero attached hydrogens (tertiary/aromatic N) is 2. The molecule has 0 spiro atoms. The molecule has 0 aromatic carbocycles. The Morgan fingerprint density at radius 2 is 2.50 bits per heavy atom. The maximum Gasteiger partial charge on any atom is 0.283 e. The molecule has 1 atom stereocenters. The van der Waals surface area contributed by atoms with Crippen molar-refractivity contribution < 1.29 is 9.84 Å². The Balaban J connectivity index is 2.94. The summed E-state index contributed by atoms with van der Waals surface area (Å²) < 4.78 is 6.60. The fourth-order valence-corrected chi connectivity index (χ4v) is 1.80. The van der Waals surface area contributed by atoms with Gasteiger partial charge in [-0.15, -0.1) is 6.58 Å². The lowest BCUT2D eigenvalue weighted by Crippen LogP contribution is -2.31. The number of hydrogen-bond donors (Lipinski definition) is 2. The molecule has 2 N–H and O–H groups in total. The van der Waals surface area contributed by atoms with Gasteiger partial charge in [-0.05, 0) is 15.9 Å². The van der Waals surface area contributed by atoms with Crippen molar-refractivity contribution in [3.63, 3.8) is 0 Å². The third kappa shape index (κ3) is 3.66. The van der Waals surface area contributed by atoms with Crippen LogP contribution in [0.3, 0.4) is 0 Å². The van der Waals surface area contributed by atoms with E-state index < -0.39 is 0 Å². The first-order valence-corrected chi connectivity index (χ1v) is 6.16. The van der Waals surface area contributed by atoms with Gasteiger partial charge in [0.05, 0.1) is 37.7 Å². The molecule has 0 aliphatic carbocycles. The summed E-state index contributed by atoms with van der Waals surface area (Å²) >= 11 is 3.22. The van der Waals surface area contributed by atoms with E-state index in [1.165, 1.54) is 10.9 Å². The number of hydrogen-bond acceptors (Lipinski definition) is 5. The summed E-state index contributed by atoms with van der Waals surface area (Å²) in [4.78, 5) is 11.9. The third-order valence-corrected chi connectivity index (χ3v) is 3.00. The molecule has 0 fully saturated rings. The number of aliphatic hydroxyl groups is 1. The summed E-state index contributed by atoms with van der Waals surface area (Å²) in [6.07, 6.45) is 3.11. The van der Waals surface area contributed by atoms with E-state index in [2.05, 4.69) is 32.9 Å². The van der Waals surface area contributed by atoms with E-state index in [4.69, 9.17) is 9.84 Å². The second-order valence-corrected chi connectivity index (χ2v) is 4.42. The Morgan fingerprint density at radius 3 is 3.06 bits per heavy atom. The van der Waals surface area contributed by atoms with Crippen molar-refractivity contribution in [2.24, 2.45) is 0 Å². The highest BCUT2D eigenvalue weighted by molar-refractivity contribution is 9.10. The van der Waals surface area contributed by atoms with E-state index in [1.807, 2.05) is 0 Å². The lowest BCUT2D eigenvalue weighted by atomic mass is 10.3. The van der Waals surface area contributed by atoms with Crippen LogP contribution >= 0.6 is 15.9 Å². The molecule has 0 bridgehead atoms. The number of halogens is 1. The molecule has 0 amide bonds. The van der Waals surface area contributed by atoms with Crippen LogP contribution in [0.2, 0.25) is 0 Å². The molecule has 0 aliphatic rings. The predicted octanol–water partition coefficient (Wildman–Crippen LogP) is 0.611. The number of aliphatic hydroxyl groups excluding tert-OH is 1. The zero-order valence-corrected chi connectivity index (χ0v) is 11.7. The minimum absolute atomic E-state index is 0.101. The SMILES string of the molecule is C=CCn1ncc(NC(CO)COC)c(Br)c1=O. The van der Waals surface area contributed by atoms with Crippen molar-refractivity contribution in [2.45, 2.75) is 12.6 Å². The minimum Gasteiger partial charge on any atom is -0.394 e. The van der Waals surface area contributed by atoms with E-state index in [0.717, 1.165) is 0 Å². The van der Waals surface area contributed by atoms with E-state index in [9.17, 15) is 4.79 Å². The molecule has 0 aliphatic heterocycles. The van der Waals surface area contributed by atoms with Crippen LogP contribution in [-0.4, -0.2) is 41.3 Å². The van der Waals surface area contributed by atoms with Crippen LogP contribution in [0.15, 0.2) is 28.1 Å². The predicted molar refractivity (Wildman–Crippen MR) is 72.8 cm³/mol. The molecular weight excluding hydrogens is 302 g/mol. The molecule has 100 valence electrons. The fraction of sp³-hybridized carbons (Fsp3) is 0.455. The van der Waals surface area contributed by atoms with E-state index in [1.54, 1.807) is 13.2 Å². The summed E-state index contributed by atoms with van der Waals surface area (Å²) in [7, 11) is 1.54. The van der Waals surface area contributed by atoms with E-state index in [0.29, 0.717) is 23.3 Å². The number of aromatic nitrogens is 2. The summed E-state index contributed by atoms with van der Waals surface area (Å²) in [5.74, 6) is 0. The molecule has 0 saturated heterocycles. The normalized spacial score (nSPS) is 12.2. The topological polar surface area (TPSA) is 76.4 Å². The van der Waals surface area contributed by atoms with Gasteiger partial charge in [0, 0.05) is 7.11 Å². The van der Waals surface area contributed by atoms with Crippen LogP contribution in [0.25, 0.3) is 0 Å². The fourth-order valence-electron chi connectivity index (χ4n) is 1.38. The van der Waals surface area contributed by atoms with Crippen molar-refractivity contribution in [2.75, 3.05) is 25.6 Å². The number of rotatable bonds is 7. The standard InChI is InChI=1S/C11H16BrN3O3/c1-3-4-15-11(17)10(12)9(5-13-15)14-8(6-16)7-18-2/h3,5,8,14,16H,1,4,6-7H2,2H3. The second kappa shape index (κ2) is 7.30. The van der Waals surface area contributed by atoms with Gasteiger partial charge in [-0.25, -0.2) is 4.68 Å². The van der Waals surface area contributed by atoms with E-state index >= 15 is 0 Å². The Kier molecular flexibility index (Phi) is 6.03. The Labute approximate surface area is 113 Å². The number of anilines is 1. The second-order valence-electron chi connectivity index (χ2n) is 3.63. The Bertz CT molecular complexity index is 461. The smallest absolute Gasteiger partial charge is 0.283 e. The minimum atomic E-state index is -0.289. The molecule has 18 heavy (non-hydrogen) atoms. The van der Waals surface area contributed by atoms with Crippen LogP contribution in [0.5, 0.6) is 0 Å². The summed E-state index contributed by atoms with van der Waals surface area (Å²) in [5.41, 5.74) is 0.269. The van der Waals surface area contributed by atoms with Crippen molar-refractivity contribution in [1.82, 2.24) is 9.78 Å². The number of ether oxygens (including phenoxy) is 1. The average Bonchev–Trinajstić information content (AvgIpc) is 2.37. The number of allylic oxidation sites excluding steroid dienone is 1. The molecule has 1 rings (SSSR count). The van der Waals surface area contributed by atoms with Crippen molar-refractivity contribution in [3.05, 3.63) is 33.7 Å². The molecular formula is C11H16BrN3O3. The molecule has 0 saturated carbocycles. The lowest BCUT2D eigenvalue weighted by molar-refractivity contribution is 0.153. The molecule has 1 aromatic heterocycles. The van der Waals surface area contributed by atoms with Crippen LogP contribution in [0, 0.1) is 0 Å². The molecule has 0 radical (unpaired) electrons. The molecule has 1 heterocycles. The van der Waals surface area contributed by atoms with Gasteiger partial charge in [-0.1, -0.05) is 6.08 Å². The largest absolute Gasteiger partial charge is 0.394 e. The van der Waals surface area contributed by atoms with Gasteiger partial charge in [-0.2, -0.15) is 5.10 Å². The van der Waals surface area contributed by atoms with Gasteiger partial charge in [0.25, 0.3) is 5.56 Å². The Hall–Kier alpha value is -1.18. The third-order valence-electron chi connectivity index (χ3n) is 2.23. The molecule has 1 aromatic rings. The highest BCUT2D eigenvalue weighted by Crippen LogP contribution is 2.17. The highest BCUT2D eigenvalue weighted by atomic mass is 79.9. The molecule has 1 unspecified atom stereocenters. The first-order valence-electron chi connectivity index (χ1n) is 5.36. The summed E-state index contributed by atoms with van der Waals surface area (Å²) in [6.45, 7) is 4.13. The Morgan fingerprint density at radius 1 is 1.78 bits per heavy atom. The maximum atomic E-state index is 11.9. The zero-order chi connectivity index (χ0) is 13.5. The summed E-state index contributed by atoms with van der Waals surface area (Å²) in [6, 6.07) is -0.289. The van der Waals surface area contributed by atoms with Gasteiger partial charge in [0.2, 0.25) is 0 Å². The van der Waals surface area contributed by atoms with Crippen LogP contribution < -0.4 is 10.9 Å². The zero-order valence-electron chi connectivity index (χ0n) is 10.1. The summed E-state index contributed by atoms with van der Waals surface area (Å²) in [5, 5.41) is 16.1. The quantitative estimate of drug-likeness (QED) is 0.721. The van der Waals surface area contributed by atoms with Gasteiger partial charge < -0.3 is 15.2 Å².